The second-order valence-corrected chi connectivity index (χ2v) is 8.26. The van der Waals surface area contributed by atoms with Gasteiger partial charge in [0.05, 0.1) is 12.0 Å². The highest BCUT2D eigenvalue weighted by atomic mass is 35.5. The van der Waals surface area contributed by atoms with E-state index in [1.54, 1.807) is 0 Å². The topological polar surface area (TPSA) is 55.1 Å². The Kier molecular flexibility index (Phi) is 6.28. The third-order valence-electron chi connectivity index (χ3n) is 4.90. The Balaban J connectivity index is 0.00000192. The maximum Gasteiger partial charge on any atom is 0.225 e. The minimum atomic E-state index is -0.386. The maximum absolute atomic E-state index is 12.7. The molecule has 3 nitrogen and oxygen atoms in total. The van der Waals surface area contributed by atoms with E-state index in [4.69, 9.17) is 17.3 Å². The van der Waals surface area contributed by atoms with Gasteiger partial charge in [0.15, 0.2) is 0 Å². The number of thioether (sulfide) groups is 1. The van der Waals surface area contributed by atoms with Gasteiger partial charge in [-0.1, -0.05) is 24.4 Å². The van der Waals surface area contributed by atoms with Gasteiger partial charge < -0.3 is 11.1 Å². The summed E-state index contributed by atoms with van der Waals surface area (Å²) in [5.41, 5.74) is 7.12. The fourth-order valence-electron chi connectivity index (χ4n) is 3.58. The summed E-state index contributed by atoms with van der Waals surface area (Å²) in [5, 5.41) is 3.96. The second kappa shape index (κ2) is 7.64. The zero-order valence-electron chi connectivity index (χ0n) is 13.3. The fourth-order valence-corrected chi connectivity index (χ4v) is 4.86. The molecule has 1 heterocycles. The molecule has 3 unspecified atom stereocenters. The van der Waals surface area contributed by atoms with Gasteiger partial charge in [-0.2, -0.15) is 0 Å². The van der Waals surface area contributed by atoms with Crippen LogP contribution in [0.4, 0.5) is 0 Å². The summed E-state index contributed by atoms with van der Waals surface area (Å²) in [7, 11) is 0. The first-order valence-corrected chi connectivity index (χ1v) is 9.35. The summed E-state index contributed by atoms with van der Waals surface area (Å²) in [5.74, 6) is 1.04. The number of carbonyl (C=O) groups excluding carboxylic acids is 1. The highest BCUT2D eigenvalue weighted by Crippen LogP contribution is 2.38. The molecular formula is C17H24Cl2N2OS. The van der Waals surface area contributed by atoms with Gasteiger partial charge in [-0.05, 0) is 49.9 Å². The van der Waals surface area contributed by atoms with Gasteiger partial charge in [0, 0.05) is 21.2 Å². The highest BCUT2D eigenvalue weighted by molar-refractivity contribution is 7.99. The molecule has 0 spiro atoms. The zero-order chi connectivity index (χ0) is 15.7. The quantitative estimate of drug-likeness (QED) is 0.809. The van der Waals surface area contributed by atoms with Crippen molar-refractivity contribution in [3.8, 4) is 0 Å². The van der Waals surface area contributed by atoms with Gasteiger partial charge >= 0.3 is 0 Å². The molecule has 0 saturated heterocycles. The number of amides is 1. The Morgan fingerprint density at radius 2 is 2.17 bits per heavy atom. The minimum absolute atomic E-state index is 0. The molecule has 3 atom stereocenters. The summed E-state index contributed by atoms with van der Waals surface area (Å²) < 4.78 is 0. The van der Waals surface area contributed by atoms with Crippen molar-refractivity contribution in [3.63, 3.8) is 0 Å². The van der Waals surface area contributed by atoms with Crippen LogP contribution in [0.25, 0.3) is 0 Å². The van der Waals surface area contributed by atoms with E-state index in [1.807, 2.05) is 36.9 Å². The number of nitrogens with one attached hydrogen (secondary N) is 1. The van der Waals surface area contributed by atoms with Gasteiger partial charge in [0.1, 0.15) is 0 Å². The lowest BCUT2D eigenvalue weighted by atomic mass is 9.74. The van der Waals surface area contributed by atoms with Crippen LogP contribution in [0.1, 0.15) is 50.6 Å². The van der Waals surface area contributed by atoms with Crippen LogP contribution in [-0.4, -0.2) is 17.2 Å². The van der Waals surface area contributed by atoms with Gasteiger partial charge in [0.25, 0.3) is 0 Å². The van der Waals surface area contributed by atoms with E-state index < -0.39 is 0 Å². The molecule has 1 aliphatic heterocycles. The van der Waals surface area contributed by atoms with Crippen LogP contribution >= 0.6 is 35.8 Å². The van der Waals surface area contributed by atoms with Crippen molar-refractivity contribution in [2.75, 3.05) is 5.75 Å². The second-order valence-electron chi connectivity index (χ2n) is 6.68. The molecule has 128 valence electrons. The molecule has 0 aromatic heterocycles. The minimum Gasteiger partial charge on any atom is -0.349 e. The predicted octanol–water partition coefficient (Wildman–Crippen LogP) is 4.32. The molecule has 2 aliphatic rings. The Bertz CT molecular complexity index is 580. The molecule has 23 heavy (non-hydrogen) atoms. The number of rotatable bonds is 2. The maximum atomic E-state index is 12.7. The Hall–Kier alpha value is -0.420. The SMILES string of the molecule is CC1(N)CCCCC1C(=O)NC1CCSc2ccc(Cl)cc21.Cl. The first kappa shape index (κ1) is 18.9. The first-order valence-electron chi connectivity index (χ1n) is 7.99. The molecule has 1 aliphatic carbocycles. The van der Waals surface area contributed by atoms with Crippen LogP contribution in [0.2, 0.25) is 5.02 Å². The Labute approximate surface area is 153 Å². The Morgan fingerprint density at radius 1 is 1.39 bits per heavy atom. The number of carbonyl (C=O) groups is 1. The van der Waals surface area contributed by atoms with E-state index >= 15 is 0 Å². The van der Waals surface area contributed by atoms with E-state index in [2.05, 4.69) is 5.32 Å². The number of benzene rings is 1. The number of hydrogen-bond acceptors (Lipinski definition) is 3. The summed E-state index contributed by atoms with van der Waals surface area (Å²) in [6.45, 7) is 2.01. The van der Waals surface area contributed by atoms with Crippen LogP contribution in [0.5, 0.6) is 0 Å². The van der Waals surface area contributed by atoms with E-state index in [0.29, 0.717) is 0 Å². The van der Waals surface area contributed by atoms with E-state index in [0.717, 1.165) is 48.4 Å². The van der Waals surface area contributed by atoms with Gasteiger partial charge in [-0.25, -0.2) is 0 Å². The lowest BCUT2D eigenvalue weighted by Crippen LogP contribution is -2.53. The van der Waals surface area contributed by atoms with Crippen LogP contribution < -0.4 is 11.1 Å². The van der Waals surface area contributed by atoms with Crippen molar-refractivity contribution >= 4 is 41.7 Å². The molecule has 1 amide bonds. The molecule has 1 aromatic rings. The van der Waals surface area contributed by atoms with E-state index in [9.17, 15) is 4.79 Å². The van der Waals surface area contributed by atoms with Crippen molar-refractivity contribution in [2.45, 2.75) is 55.5 Å². The van der Waals surface area contributed by atoms with E-state index in [1.165, 1.54) is 4.90 Å². The van der Waals surface area contributed by atoms with Crippen molar-refractivity contribution in [1.82, 2.24) is 5.32 Å². The van der Waals surface area contributed by atoms with Gasteiger partial charge in [-0.15, -0.1) is 24.2 Å². The monoisotopic (exact) mass is 374 g/mol. The molecule has 6 heteroatoms. The summed E-state index contributed by atoms with van der Waals surface area (Å²) >= 11 is 7.96. The normalized spacial score (nSPS) is 30.0. The third-order valence-corrected chi connectivity index (χ3v) is 6.26. The first-order chi connectivity index (χ1) is 10.5. The van der Waals surface area contributed by atoms with Crippen molar-refractivity contribution < 1.29 is 4.79 Å². The molecule has 0 radical (unpaired) electrons. The summed E-state index contributed by atoms with van der Waals surface area (Å²) in [6, 6.07) is 6.00. The molecule has 1 fully saturated rings. The molecule has 3 N–H and O–H groups in total. The number of nitrogens with two attached hydrogens (primary N) is 1. The molecule has 1 aromatic carbocycles. The van der Waals surface area contributed by atoms with Gasteiger partial charge in [-0.3, -0.25) is 4.79 Å². The summed E-state index contributed by atoms with van der Waals surface area (Å²) in [6.07, 6.45) is 4.97. The smallest absolute Gasteiger partial charge is 0.225 e. The average Bonchev–Trinajstić information content (AvgIpc) is 2.47. The van der Waals surface area contributed by atoms with Crippen molar-refractivity contribution in [3.05, 3.63) is 28.8 Å². The average molecular weight is 375 g/mol. The van der Waals surface area contributed by atoms with Crippen molar-refractivity contribution in [2.24, 2.45) is 11.7 Å². The predicted molar refractivity (Wildman–Crippen MR) is 99.5 cm³/mol. The van der Waals surface area contributed by atoms with E-state index in [-0.39, 0.29) is 35.8 Å². The van der Waals surface area contributed by atoms with Crippen LogP contribution in [-0.2, 0) is 4.79 Å². The number of halogens is 2. The molecule has 0 bridgehead atoms. The largest absolute Gasteiger partial charge is 0.349 e. The molecule has 3 rings (SSSR count). The van der Waals surface area contributed by atoms with Crippen molar-refractivity contribution in [1.29, 1.82) is 0 Å². The summed E-state index contributed by atoms with van der Waals surface area (Å²) in [4.78, 5) is 14.0. The fraction of sp³-hybridized carbons (Fsp3) is 0.588. The zero-order valence-corrected chi connectivity index (χ0v) is 15.7. The third kappa shape index (κ3) is 4.16. The lowest BCUT2D eigenvalue weighted by molar-refractivity contribution is -0.129. The molecule has 1 saturated carbocycles. The standard InChI is InChI=1S/C17H23ClN2OS.ClH/c1-17(19)8-3-2-4-13(17)16(21)20-14-7-9-22-15-6-5-11(18)10-12(14)15;/h5-6,10,13-14H,2-4,7-9,19H2,1H3,(H,20,21);1H. The molecular weight excluding hydrogens is 351 g/mol. The Morgan fingerprint density at radius 3 is 2.91 bits per heavy atom. The van der Waals surface area contributed by atoms with Crippen LogP contribution in [0.15, 0.2) is 23.1 Å². The van der Waals surface area contributed by atoms with Gasteiger partial charge in [0.2, 0.25) is 5.91 Å². The number of hydrogen-bond donors (Lipinski definition) is 2. The lowest BCUT2D eigenvalue weighted by Gasteiger charge is -2.38. The van der Waals surface area contributed by atoms with Crippen LogP contribution in [0.3, 0.4) is 0 Å². The highest BCUT2D eigenvalue weighted by Gasteiger charge is 2.38. The number of fused-ring (bicyclic) bond motifs is 1. The van der Waals surface area contributed by atoms with Crippen LogP contribution in [0, 0.1) is 5.92 Å².